The van der Waals surface area contributed by atoms with E-state index in [1.807, 2.05) is 37.3 Å². The molecule has 11 heteroatoms. The largest absolute Gasteiger partial charge is 0.493 e. The van der Waals surface area contributed by atoms with Crippen molar-refractivity contribution < 1.29 is 37.0 Å². The second-order valence-electron chi connectivity index (χ2n) is 9.39. The van der Waals surface area contributed by atoms with Gasteiger partial charge in [0.15, 0.2) is 18.1 Å². The lowest BCUT2D eigenvalue weighted by Crippen LogP contribution is -2.30. The van der Waals surface area contributed by atoms with E-state index in [1.54, 1.807) is 48.5 Å². The number of benzene rings is 4. The third-order valence-electron chi connectivity index (χ3n) is 6.48. The maximum absolute atomic E-state index is 13.7. The molecule has 0 unspecified atom stereocenters. The smallest absolute Gasteiger partial charge is 0.340 e. The van der Waals surface area contributed by atoms with Gasteiger partial charge < -0.3 is 24.3 Å². The Hall–Kier alpha value is -5.03. The van der Waals surface area contributed by atoms with E-state index in [-0.39, 0.29) is 29.3 Å². The zero-order chi connectivity index (χ0) is 31.0. The molecule has 0 fully saturated rings. The van der Waals surface area contributed by atoms with Crippen molar-refractivity contribution in [2.24, 2.45) is 0 Å². The number of ether oxygens (including phenoxy) is 4. The summed E-state index contributed by atoms with van der Waals surface area (Å²) in [5.74, 6) is -0.278. The van der Waals surface area contributed by atoms with Crippen molar-refractivity contribution in [3.63, 3.8) is 0 Å². The fraction of sp³-hybridized carbons (Fsp3) is 0.188. The number of carbonyl (C=O) groups excluding carboxylic acids is 2. The predicted molar refractivity (Wildman–Crippen MR) is 162 cm³/mol. The Kier molecular flexibility index (Phi) is 9.89. The molecule has 4 rings (SSSR count). The van der Waals surface area contributed by atoms with E-state index in [4.69, 9.17) is 18.9 Å². The summed E-state index contributed by atoms with van der Waals surface area (Å²) in [5.41, 5.74) is 2.43. The van der Waals surface area contributed by atoms with E-state index < -0.39 is 21.9 Å². The number of hydrogen-bond acceptors (Lipinski definition) is 8. The van der Waals surface area contributed by atoms with E-state index in [0.717, 1.165) is 11.1 Å². The number of nitrogens with one attached hydrogen (secondary N) is 1. The molecule has 10 nitrogen and oxygen atoms in total. The summed E-state index contributed by atoms with van der Waals surface area (Å²) in [4.78, 5) is 25.2. The molecule has 0 aromatic heterocycles. The first kappa shape index (κ1) is 30.9. The van der Waals surface area contributed by atoms with Gasteiger partial charge in [-0.3, -0.25) is 9.10 Å². The van der Waals surface area contributed by atoms with Gasteiger partial charge in [0.2, 0.25) is 0 Å². The summed E-state index contributed by atoms with van der Waals surface area (Å²) in [7, 11) is 0.189. The Labute approximate surface area is 250 Å². The monoisotopic (exact) mass is 604 g/mol. The van der Waals surface area contributed by atoms with Gasteiger partial charge >= 0.3 is 5.97 Å². The van der Waals surface area contributed by atoms with Crippen molar-refractivity contribution >= 4 is 33.3 Å². The van der Waals surface area contributed by atoms with E-state index in [2.05, 4.69) is 5.32 Å². The van der Waals surface area contributed by atoms with Gasteiger partial charge in [-0.05, 0) is 48.9 Å². The minimum atomic E-state index is -3.90. The zero-order valence-corrected chi connectivity index (χ0v) is 25.0. The zero-order valence-electron chi connectivity index (χ0n) is 24.2. The number of hydrogen-bond donors (Lipinski definition) is 1. The minimum Gasteiger partial charge on any atom is -0.493 e. The summed E-state index contributed by atoms with van der Waals surface area (Å²) in [6.07, 6.45) is 0. The fourth-order valence-electron chi connectivity index (χ4n) is 4.21. The van der Waals surface area contributed by atoms with Crippen LogP contribution in [0.1, 0.15) is 21.5 Å². The van der Waals surface area contributed by atoms with Crippen molar-refractivity contribution in [3.05, 3.63) is 108 Å². The number of carbonyl (C=O) groups is 2. The van der Waals surface area contributed by atoms with Gasteiger partial charge in [-0.25, -0.2) is 13.2 Å². The van der Waals surface area contributed by atoms with Crippen LogP contribution in [-0.4, -0.2) is 48.2 Å². The molecule has 1 N–H and O–H groups in total. The van der Waals surface area contributed by atoms with Gasteiger partial charge in [0.05, 0.1) is 49.7 Å². The van der Waals surface area contributed by atoms with E-state index in [9.17, 15) is 18.0 Å². The summed E-state index contributed by atoms with van der Waals surface area (Å²) in [5, 5.41) is 2.63. The number of sulfonamides is 1. The van der Waals surface area contributed by atoms with Crippen LogP contribution in [0.5, 0.6) is 17.2 Å². The van der Waals surface area contributed by atoms with Crippen LogP contribution in [-0.2, 0) is 26.1 Å². The second-order valence-corrected chi connectivity index (χ2v) is 11.2. The number of methoxy groups -OCH3 is 3. The molecule has 0 saturated carbocycles. The van der Waals surface area contributed by atoms with Crippen LogP contribution in [0, 0.1) is 6.92 Å². The van der Waals surface area contributed by atoms with Gasteiger partial charge in [0, 0.05) is 12.1 Å². The number of amides is 1. The quantitative estimate of drug-likeness (QED) is 0.219. The number of esters is 1. The third-order valence-corrected chi connectivity index (χ3v) is 8.26. The van der Waals surface area contributed by atoms with E-state index in [1.165, 1.54) is 37.8 Å². The average molecular weight is 605 g/mol. The number of aryl methyl sites for hydroxylation is 1. The van der Waals surface area contributed by atoms with Crippen molar-refractivity contribution in [2.75, 3.05) is 37.6 Å². The molecule has 4 aromatic rings. The summed E-state index contributed by atoms with van der Waals surface area (Å²) in [6, 6.07) is 25.2. The first-order valence-electron chi connectivity index (χ1n) is 13.2. The Balaban J connectivity index is 1.51. The SMILES string of the molecule is COC(=O)c1cc(OC)c(OC)cc1NC(=O)COc1ccc(N(Cc2ccccc2)S(=O)(=O)c2ccc(C)cc2)cc1. The average Bonchev–Trinajstić information content (AvgIpc) is 3.03. The van der Waals surface area contributed by atoms with Gasteiger partial charge in [-0.15, -0.1) is 0 Å². The van der Waals surface area contributed by atoms with Crippen LogP contribution in [0.15, 0.2) is 95.9 Å². The standard InChI is InChI=1S/C32H32N2O8S/c1-22-10-16-26(17-11-22)43(37,38)34(20-23-8-6-5-7-9-23)24-12-14-25(15-13-24)42-21-31(35)33-28-19-30(40-3)29(39-2)18-27(28)32(36)41-4/h5-19H,20-21H2,1-4H3,(H,33,35). The number of anilines is 2. The van der Waals surface area contributed by atoms with Gasteiger partial charge in [0.25, 0.3) is 15.9 Å². The first-order chi connectivity index (χ1) is 20.7. The van der Waals surface area contributed by atoms with Crippen molar-refractivity contribution in [2.45, 2.75) is 18.4 Å². The van der Waals surface area contributed by atoms with Crippen molar-refractivity contribution in [1.82, 2.24) is 0 Å². The van der Waals surface area contributed by atoms with Crippen LogP contribution in [0.2, 0.25) is 0 Å². The van der Waals surface area contributed by atoms with Crippen LogP contribution in [0.3, 0.4) is 0 Å². The molecule has 0 atom stereocenters. The molecule has 0 aliphatic rings. The molecular formula is C32H32N2O8S. The molecule has 0 bridgehead atoms. The van der Waals surface area contributed by atoms with Crippen LogP contribution in [0.25, 0.3) is 0 Å². The highest BCUT2D eigenvalue weighted by Gasteiger charge is 2.25. The third kappa shape index (κ3) is 7.44. The molecule has 0 saturated heterocycles. The maximum atomic E-state index is 13.7. The highest BCUT2D eigenvalue weighted by atomic mass is 32.2. The lowest BCUT2D eigenvalue weighted by atomic mass is 10.1. The predicted octanol–water partition coefficient (Wildman–Crippen LogP) is 5.21. The van der Waals surface area contributed by atoms with Gasteiger partial charge in [0.1, 0.15) is 5.75 Å². The molecule has 4 aromatic carbocycles. The lowest BCUT2D eigenvalue weighted by Gasteiger charge is -2.25. The van der Waals surface area contributed by atoms with Gasteiger partial charge in [-0.1, -0.05) is 48.0 Å². The Bertz CT molecular complexity index is 1670. The Morgan fingerprint density at radius 1 is 0.814 bits per heavy atom. The summed E-state index contributed by atoms with van der Waals surface area (Å²) < 4.78 is 49.7. The Morgan fingerprint density at radius 2 is 1.44 bits per heavy atom. The molecule has 1 amide bonds. The summed E-state index contributed by atoms with van der Waals surface area (Å²) >= 11 is 0. The lowest BCUT2D eigenvalue weighted by molar-refractivity contribution is -0.118. The molecule has 0 aliphatic heterocycles. The van der Waals surface area contributed by atoms with E-state index >= 15 is 0 Å². The topological polar surface area (TPSA) is 120 Å². The first-order valence-corrected chi connectivity index (χ1v) is 14.6. The molecule has 0 radical (unpaired) electrons. The molecule has 0 aliphatic carbocycles. The summed E-state index contributed by atoms with van der Waals surface area (Å²) in [6.45, 7) is 1.63. The maximum Gasteiger partial charge on any atom is 0.340 e. The van der Waals surface area contributed by atoms with Gasteiger partial charge in [-0.2, -0.15) is 0 Å². The minimum absolute atomic E-state index is 0.0751. The second kappa shape index (κ2) is 13.8. The van der Waals surface area contributed by atoms with Crippen LogP contribution in [0.4, 0.5) is 11.4 Å². The normalized spacial score (nSPS) is 10.9. The molecular weight excluding hydrogens is 572 g/mol. The van der Waals surface area contributed by atoms with E-state index in [0.29, 0.717) is 22.9 Å². The highest BCUT2D eigenvalue weighted by molar-refractivity contribution is 7.92. The molecule has 0 heterocycles. The molecule has 43 heavy (non-hydrogen) atoms. The van der Waals surface area contributed by atoms with Crippen molar-refractivity contribution in [3.8, 4) is 17.2 Å². The van der Waals surface area contributed by atoms with Crippen LogP contribution < -0.4 is 23.8 Å². The number of rotatable bonds is 12. The fourth-order valence-corrected chi connectivity index (χ4v) is 5.66. The van der Waals surface area contributed by atoms with Crippen molar-refractivity contribution in [1.29, 1.82) is 0 Å². The highest BCUT2D eigenvalue weighted by Crippen LogP contribution is 2.34. The Morgan fingerprint density at radius 3 is 2.05 bits per heavy atom. The molecule has 0 spiro atoms. The molecule has 224 valence electrons. The number of nitrogens with zero attached hydrogens (tertiary/aromatic N) is 1. The van der Waals surface area contributed by atoms with Crippen LogP contribution >= 0.6 is 0 Å².